The fourth-order valence-corrected chi connectivity index (χ4v) is 8.79. The first-order valence-electron chi connectivity index (χ1n) is 17.9. The Hall–Kier alpha value is -6.68. The van der Waals surface area contributed by atoms with Crippen LogP contribution in [0.1, 0.15) is 0 Å². The number of aromatic nitrogens is 2. The summed E-state index contributed by atoms with van der Waals surface area (Å²) >= 11 is 1.86. The van der Waals surface area contributed by atoms with Gasteiger partial charge in [0, 0.05) is 36.9 Å². The fourth-order valence-electron chi connectivity index (χ4n) is 7.55. The van der Waals surface area contributed by atoms with Crippen molar-refractivity contribution >= 4 is 42.3 Å². The summed E-state index contributed by atoms with van der Waals surface area (Å²) in [5.74, 6) is 0.707. The topological polar surface area (TPSA) is 25.8 Å². The third-order valence-electron chi connectivity index (χ3n) is 10.1. The van der Waals surface area contributed by atoms with Crippen molar-refractivity contribution in [1.29, 1.82) is 0 Å². The molecular formula is C50H32N2S. The number of benzene rings is 8. The number of rotatable bonds is 6. The molecule has 248 valence electrons. The van der Waals surface area contributed by atoms with E-state index in [0.29, 0.717) is 5.82 Å². The van der Waals surface area contributed by atoms with Gasteiger partial charge in [0.2, 0.25) is 0 Å². The lowest BCUT2D eigenvalue weighted by Gasteiger charge is -2.16. The third-order valence-corrected chi connectivity index (χ3v) is 11.3. The molecule has 3 heteroatoms. The quantitative estimate of drug-likeness (QED) is 0.173. The van der Waals surface area contributed by atoms with Crippen LogP contribution in [0.2, 0.25) is 0 Å². The molecule has 0 radical (unpaired) electrons. The maximum atomic E-state index is 5.27. The van der Waals surface area contributed by atoms with Gasteiger partial charge in [-0.05, 0) is 74.5 Å². The average molecular weight is 693 g/mol. The summed E-state index contributed by atoms with van der Waals surface area (Å²) < 4.78 is 2.59. The highest BCUT2D eigenvalue weighted by Crippen LogP contribution is 2.43. The SMILES string of the molecule is c1ccc(-c2cc(-c3cc(-c4ccc(-c5ccccc5)c5ccccc45)cc(-c4cccc5c4sc4ccccc45)c3)nc(-c3ccccc3)n2)cc1. The summed E-state index contributed by atoms with van der Waals surface area (Å²) in [6.07, 6.45) is 0. The van der Waals surface area contributed by atoms with E-state index in [1.807, 2.05) is 35.6 Å². The highest BCUT2D eigenvalue weighted by atomic mass is 32.1. The summed E-state index contributed by atoms with van der Waals surface area (Å²) in [5, 5.41) is 5.03. The summed E-state index contributed by atoms with van der Waals surface area (Å²) in [7, 11) is 0. The van der Waals surface area contributed by atoms with E-state index in [4.69, 9.17) is 9.97 Å². The van der Waals surface area contributed by atoms with Crippen molar-refractivity contribution in [1.82, 2.24) is 9.97 Å². The number of thiophene rings is 1. The number of fused-ring (bicyclic) bond motifs is 4. The van der Waals surface area contributed by atoms with Gasteiger partial charge >= 0.3 is 0 Å². The summed E-state index contributed by atoms with van der Waals surface area (Å²) in [6, 6.07) is 69.3. The molecule has 10 rings (SSSR count). The molecule has 0 N–H and O–H groups in total. The van der Waals surface area contributed by atoms with Crippen molar-refractivity contribution in [3.05, 3.63) is 194 Å². The predicted molar refractivity (Wildman–Crippen MR) is 225 cm³/mol. The van der Waals surface area contributed by atoms with Crippen LogP contribution in [0, 0.1) is 0 Å². The zero-order chi connectivity index (χ0) is 35.1. The Morgan fingerprint density at radius 2 is 0.792 bits per heavy atom. The molecular weight excluding hydrogens is 661 g/mol. The highest BCUT2D eigenvalue weighted by molar-refractivity contribution is 7.26. The van der Waals surface area contributed by atoms with Gasteiger partial charge in [0.15, 0.2) is 5.82 Å². The molecule has 0 unspecified atom stereocenters. The van der Waals surface area contributed by atoms with Crippen LogP contribution < -0.4 is 0 Å². The molecule has 0 fully saturated rings. The Kier molecular flexibility index (Phi) is 7.71. The van der Waals surface area contributed by atoms with Gasteiger partial charge in [-0.2, -0.15) is 0 Å². The fraction of sp³-hybridized carbons (Fsp3) is 0. The lowest BCUT2D eigenvalue weighted by molar-refractivity contribution is 1.18. The Balaban J connectivity index is 1.25. The van der Waals surface area contributed by atoms with E-state index in [1.165, 1.54) is 53.2 Å². The normalized spacial score (nSPS) is 11.4. The average Bonchev–Trinajstić information content (AvgIpc) is 3.63. The molecule has 0 spiro atoms. The van der Waals surface area contributed by atoms with Crippen molar-refractivity contribution in [3.8, 4) is 67.3 Å². The van der Waals surface area contributed by atoms with Crippen molar-refractivity contribution in [2.45, 2.75) is 0 Å². The van der Waals surface area contributed by atoms with E-state index < -0.39 is 0 Å². The van der Waals surface area contributed by atoms with E-state index in [2.05, 4.69) is 170 Å². The Labute approximate surface area is 312 Å². The maximum Gasteiger partial charge on any atom is 0.160 e. The van der Waals surface area contributed by atoms with E-state index in [-0.39, 0.29) is 0 Å². The van der Waals surface area contributed by atoms with Crippen LogP contribution in [0.4, 0.5) is 0 Å². The van der Waals surface area contributed by atoms with Gasteiger partial charge in [-0.15, -0.1) is 11.3 Å². The molecule has 8 aromatic carbocycles. The molecule has 0 saturated carbocycles. The van der Waals surface area contributed by atoms with Crippen LogP contribution >= 0.6 is 11.3 Å². The minimum Gasteiger partial charge on any atom is -0.228 e. The van der Waals surface area contributed by atoms with E-state index >= 15 is 0 Å². The van der Waals surface area contributed by atoms with E-state index in [1.54, 1.807) is 0 Å². The predicted octanol–water partition coefficient (Wildman–Crippen LogP) is 14.0. The Morgan fingerprint density at radius 1 is 0.302 bits per heavy atom. The van der Waals surface area contributed by atoms with Crippen LogP contribution in [-0.4, -0.2) is 9.97 Å². The highest BCUT2D eigenvalue weighted by Gasteiger charge is 2.17. The largest absolute Gasteiger partial charge is 0.228 e. The molecule has 53 heavy (non-hydrogen) atoms. The minimum absolute atomic E-state index is 0.707. The summed E-state index contributed by atoms with van der Waals surface area (Å²) in [6.45, 7) is 0. The van der Waals surface area contributed by atoms with Crippen LogP contribution in [0.3, 0.4) is 0 Å². The van der Waals surface area contributed by atoms with Gasteiger partial charge in [-0.25, -0.2) is 9.97 Å². The van der Waals surface area contributed by atoms with E-state index in [0.717, 1.165) is 39.2 Å². The maximum absolute atomic E-state index is 5.27. The van der Waals surface area contributed by atoms with Crippen LogP contribution in [0.25, 0.3) is 98.2 Å². The Bertz CT molecular complexity index is 2870. The molecule has 2 heterocycles. The monoisotopic (exact) mass is 692 g/mol. The molecule has 0 aliphatic heterocycles. The van der Waals surface area contributed by atoms with Gasteiger partial charge < -0.3 is 0 Å². The second-order valence-electron chi connectivity index (χ2n) is 13.3. The zero-order valence-corrected chi connectivity index (χ0v) is 29.6. The number of hydrogen-bond acceptors (Lipinski definition) is 3. The molecule has 0 amide bonds. The second kappa shape index (κ2) is 13.1. The van der Waals surface area contributed by atoms with Crippen molar-refractivity contribution < 1.29 is 0 Å². The molecule has 0 aliphatic rings. The summed E-state index contributed by atoms with van der Waals surface area (Å²) in [5.41, 5.74) is 12.0. The zero-order valence-electron chi connectivity index (χ0n) is 28.8. The van der Waals surface area contributed by atoms with Crippen LogP contribution in [-0.2, 0) is 0 Å². The van der Waals surface area contributed by atoms with Crippen molar-refractivity contribution in [3.63, 3.8) is 0 Å². The first-order valence-corrected chi connectivity index (χ1v) is 18.7. The first-order chi connectivity index (χ1) is 26.3. The molecule has 0 aliphatic carbocycles. The van der Waals surface area contributed by atoms with Crippen molar-refractivity contribution in [2.75, 3.05) is 0 Å². The van der Waals surface area contributed by atoms with E-state index in [9.17, 15) is 0 Å². The molecule has 2 aromatic heterocycles. The van der Waals surface area contributed by atoms with Crippen LogP contribution in [0.5, 0.6) is 0 Å². The molecule has 0 saturated heterocycles. The van der Waals surface area contributed by atoms with Crippen molar-refractivity contribution in [2.24, 2.45) is 0 Å². The van der Waals surface area contributed by atoms with Gasteiger partial charge in [0.05, 0.1) is 11.4 Å². The lowest BCUT2D eigenvalue weighted by Crippen LogP contribution is -1.96. The number of hydrogen-bond donors (Lipinski definition) is 0. The molecule has 10 aromatic rings. The van der Waals surface area contributed by atoms with Gasteiger partial charge in [-0.1, -0.05) is 164 Å². The minimum atomic E-state index is 0.707. The standard InChI is InChI=1S/C50H32N2S/c1-4-15-33(16-5-1)39-27-28-40(43-22-11-10-21-42(39)43)36-29-37(41-24-14-25-45-44-23-12-13-26-48(44)53-49(41)45)31-38(30-36)47-32-46(34-17-6-2-7-18-34)51-50(52-47)35-19-8-3-9-20-35/h1-32H. The van der Waals surface area contributed by atoms with Gasteiger partial charge in [0.1, 0.15) is 0 Å². The molecule has 2 nitrogen and oxygen atoms in total. The second-order valence-corrected chi connectivity index (χ2v) is 14.4. The van der Waals surface area contributed by atoms with Gasteiger partial charge in [0.25, 0.3) is 0 Å². The number of nitrogens with zero attached hydrogens (tertiary/aromatic N) is 2. The smallest absolute Gasteiger partial charge is 0.160 e. The molecule has 0 bridgehead atoms. The lowest BCUT2D eigenvalue weighted by atomic mass is 9.89. The van der Waals surface area contributed by atoms with Gasteiger partial charge in [-0.3, -0.25) is 0 Å². The third kappa shape index (κ3) is 5.68. The Morgan fingerprint density at radius 3 is 1.47 bits per heavy atom. The van der Waals surface area contributed by atoms with Crippen LogP contribution in [0.15, 0.2) is 194 Å². The first kappa shape index (κ1) is 31.1. The molecule has 0 atom stereocenters. The summed E-state index contributed by atoms with van der Waals surface area (Å²) in [4.78, 5) is 10.4.